The Morgan fingerprint density at radius 3 is 2.95 bits per heavy atom. The molecule has 1 aliphatic rings. The largest absolute Gasteiger partial charge is 0.461 e. The Morgan fingerprint density at radius 2 is 2.24 bits per heavy atom. The van der Waals surface area contributed by atoms with E-state index in [9.17, 15) is 4.79 Å². The van der Waals surface area contributed by atoms with Crippen molar-refractivity contribution in [1.82, 2.24) is 9.88 Å². The van der Waals surface area contributed by atoms with Crippen LogP contribution in [0, 0.1) is 0 Å². The minimum Gasteiger partial charge on any atom is -0.461 e. The molecule has 0 radical (unpaired) electrons. The van der Waals surface area contributed by atoms with Crippen LogP contribution in [0.25, 0.3) is 10.9 Å². The molecule has 0 saturated heterocycles. The first-order chi connectivity index (χ1) is 10.0. The molecule has 2 aromatic rings. The van der Waals surface area contributed by atoms with Gasteiger partial charge in [0.05, 0.1) is 0 Å². The molecule has 4 heteroatoms. The zero-order chi connectivity index (χ0) is 15.0. The van der Waals surface area contributed by atoms with Gasteiger partial charge in [-0.1, -0.05) is 6.07 Å². The predicted octanol–water partition coefficient (Wildman–Crippen LogP) is 2.65. The number of esters is 1. The normalized spacial score (nSPS) is 18.0. The number of hydrogen-bond donors (Lipinski definition) is 1. The smallest absolute Gasteiger partial charge is 0.302 e. The Balaban J connectivity index is 1.93. The average Bonchev–Trinajstić information content (AvgIpc) is 2.82. The lowest BCUT2D eigenvalue weighted by atomic mass is 9.90. The molecule has 0 bridgehead atoms. The first-order valence-electron chi connectivity index (χ1n) is 7.46. The standard InChI is InChI=1S/C17H22N2O2/c1-11(20)21-10-12-4-6-16-14(8-12)15-9-13(19(2)3)5-7-17(15)18-16/h4,6,8,13,18H,5,7,9-10H2,1-3H3. The number of aromatic nitrogens is 1. The molecule has 1 aromatic heterocycles. The Kier molecular flexibility index (Phi) is 3.72. The number of nitrogens with zero attached hydrogens (tertiary/aromatic N) is 1. The topological polar surface area (TPSA) is 45.3 Å². The molecule has 0 spiro atoms. The molecular formula is C17H22N2O2. The van der Waals surface area contributed by atoms with Crippen LogP contribution in [0.4, 0.5) is 0 Å². The molecule has 0 saturated carbocycles. The van der Waals surface area contributed by atoms with Crippen LogP contribution >= 0.6 is 0 Å². The van der Waals surface area contributed by atoms with Gasteiger partial charge < -0.3 is 14.6 Å². The zero-order valence-electron chi connectivity index (χ0n) is 12.9. The fraction of sp³-hybridized carbons (Fsp3) is 0.471. The molecule has 1 N–H and O–H groups in total. The second-order valence-corrected chi connectivity index (χ2v) is 6.10. The zero-order valence-corrected chi connectivity index (χ0v) is 12.9. The van der Waals surface area contributed by atoms with Crippen LogP contribution in [0.3, 0.4) is 0 Å². The third-order valence-electron chi connectivity index (χ3n) is 4.40. The summed E-state index contributed by atoms with van der Waals surface area (Å²) in [4.78, 5) is 16.8. The van der Waals surface area contributed by atoms with Crippen molar-refractivity contribution in [1.29, 1.82) is 0 Å². The highest BCUT2D eigenvalue weighted by Gasteiger charge is 2.23. The van der Waals surface area contributed by atoms with Gasteiger partial charge in [-0.15, -0.1) is 0 Å². The number of likely N-dealkylation sites (N-methyl/N-ethyl adjacent to an activating group) is 1. The minimum absolute atomic E-state index is 0.237. The Bertz CT molecular complexity index is 673. The molecule has 112 valence electrons. The van der Waals surface area contributed by atoms with Crippen molar-refractivity contribution in [3.8, 4) is 0 Å². The van der Waals surface area contributed by atoms with Crippen LogP contribution in [0.15, 0.2) is 18.2 Å². The maximum atomic E-state index is 10.9. The van der Waals surface area contributed by atoms with E-state index >= 15 is 0 Å². The monoisotopic (exact) mass is 286 g/mol. The van der Waals surface area contributed by atoms with Crippen LogP contribution in [-0.4, -0.2) is 36.0 Å². The molecule has 1 heterocycles. The van der Waals surface area contributed by atoms with Crippen molar-refractivity contribution in [3.05, 3.63) is 35.0 Å². The summed E-state index contributed by atoms with van der Waals surface area (Å²) >= 11 is 0. The van der Waals surface area contributed by atoms with E-state index in [1.54, 1.807) is 0 Å². The van der Waals surface area contributed by atoms with E-state index in [1.807, 2.05) is 6.07 Å². The van der Waals surface area contributed by atoms with E-state index in [4.69, 9.17) is 4.74 Å². The van der Waals surface area contributed by atoms with Gasteiger partial charge >= 0.3 is 5.97 Å². The highest BCUT2D eigenvalue weighted by Crippen LogP contribution is 2.31. The van der Waals surface area contributed by atoms with Gasteiger partial charge in [-0.25, -0.2) is 0 Å². The van der Waals surface area contributed by atoms with Crippen molar-refractivity contribution in [2.24, 2.45) is 0 Å². The number of ether oxygens (including phenoxy) is 1. The number of fused-ring (bicyclic) bond motifs is 3. The molecule has 4 nitrogen and oxygen atoms in total. The number of aryl methyl sites for hydroxylation is 1. The molecule has 0 fully saturated rings. The van der Waals surface area contributed by atoms with Crippen LogP contribution < -0.4 is 0 Å². The maximum absolute atomic E-state index is 10.9. The van der Waals surface area contributed by atoms with Gasteiger partial charge in [0.15, 0.2) is 0 Å². The molecule has 1 unspecified atom stereocenters. The van der Waals surface area contributed by atoms with Gasteiger partial charge in [0, 0.05) is 29.6 Å². The first kappa shape index (κ1) is 14.1. The Hall–Kier alpha value is -1.81. The summed E-state index contributed by atoms with van der Waals surface area (Å²) in [7, 11) is 4.30. The lowest BCUT2D eigenvalue weighted by Crippen LogP contribution is -2.33. The summed E-state index contributed by atoms with van der Waals surface area (Å²) in [6.07, 6.45) is 3.39. The van der Waals surface area contributed by atoms with E-state index < -0.39 is 0 Å². The van der Waals surface area contributed by atoms with Crippen molar-refractivity contribution >= 4 is 16.9 Å². The summed E-state index contributed by atoms with van der Waals surface area (Å²) in [6.45, 7) is 1.79. The molecule has 1 aliphatic carbocycles. The minimum atomic E-state index is -0.237. The van der Waals surface area contributed by atoms with E-state index in [0.717, 1.165) is 18.4 Å². The summed E-state index contributed by atoms with van der Waals surface area (Å²) in [6, 6.07) is 6.88. The van der Waals surface area contributed by atoms with Gasteiger partial charge in [0.2, 0.25) is 0 Å². The highest BCUT2D eigenvalue weighted by atomic mass is 16.5. The molecule has 0 aliphatic heterocycles. The second-order valence-electron chi connectivity index (χ2n) is 6.10. The molecule has 3 rings (SSSR count). The first-order valence-corrected chi connectivity index (χ1v) is 7.46. The third kappa shape index (κ3) is 2.81. The number of nitrogens with one attached hydrogen (secondary N) is 1. The van der Waals surface area contributed by atoms with Crippen LogP contribution in [0.2, 0.25) is 0 Å². The number of aromatic amines is 1. The van der Waals surface area contributed by atoms with Gasteiger partial charge in [-0.2, -0.15) is 0 Å². The van der Waals surface area contributed by atoms with Gasteiger partial charge in [0.1, 0.15) is 6.61 Å². The van der Waals surface area contributed by atoms with Crippen molar-refractivity contribution in [3.63, 3.8) is 0 Å². The van der Waals surface area contributed by atoms with Crippen LogP contribution in [0.1, 0.15) is 30.2 Å². The van der Waals surface area contributed by atoms with Gasteiger partial charge in [0.25, 0.3) is 0 Å². The van der Waals surface area contributed by atoms with E-state index in [1.165, 1.54) is 35.5 Å². The number of benzene rings is 1. The van der Waals surface area contributed by atoms with Crippen molar-refractivity contribution < 1.29 is 9.53 Å². The summed E-state index contributed by atoms with van der Waals surface area (Å²) in [5, 5.41) is 1.28. The summed E-state index contributed by atoms with van der Waals surface area (Å²) in [5.41, 5.74) is 5.03. The Labute approximate surface area is 125 Å². The fourth-order valence-corrected chi connectivity index (χ4v) is 3.16. The van der Waals surface area contributed by atoms with Crippen LogP contribution in [-0.2, 0) is 29.0 Å². The van der Waals surface area contributed by atoms with Crippen molar-refractivity contribution in [2.45, 2.75) is 38.8 Å². The average molecular weight is 286 g/mol. The lowest BCUT2D eigenvalue weighted by Gasteiger charge is -2.28. The summed E-state index contributed by atoms with van der Waals surface area (Å²) < 4.78 is 5.10. The van der Waals surface area contributed by atoms with E-state index in [0.29, 0.717) is 12.6 Å². The maximum Gasteiger partial charge on any atom is 0.302 e. The number of rotatable bonds is 3. The summed E-state index contributed by atoms with van der Waals surface area (Å²) in [5.74, 6) is -0.237. The number of carbonyl (C=O) groups is 1. The molecule has 1 aromatic carbocycles. The number of carbonyl (C=O) groups excluding carboxylic acids is 1. The SMILES string of the molecule is CC(=O)OCc1ccc2[nH]c3c(c2c1)CC(N(C)C)CC3. The molecule has 21 heavy (non-hydrogen) atoms. The molecule has 0 amide bonds. The van der Waals surface area contributed by atoms with E-state index in [-0.39, 0.29) is 5.97 Å². The van der Waals surface area contributed by atoms with Gasteiger partial charge in [-0.05, 0) is 56.6 Å². The predicted molar refractivity (Wildman–Crippen MR) is 83.3 cm³/mol. The number of hydrogen-bond acceptors (Lipinski definition) is 3. The molecule has 1 atom stereocenters. The Morgan fingerprint density at radius 1 is 1.43 bits per heavy atom. The number of H-pyrrole nitrogens is 1. The second kappa shape index (κ2) is 5.53. The quantitative estimate of drug-likeness (QED) is 0.882. The third-order valence-corrected chi connectivity index (χ3v) is 4.40. The molecular weight excluding hydrogens is 264 g/mol. The van der Waals surface area contributed by atoms with Crippen molar-refractivity contribution in [2.75, 3.05) is 14.1 Å². The highest BCUT2D eigenvalue weighted by molar-refractivity contribution is 5.85. The van der Waals surface area contributed by atoms with Gasteiger partial charge in [-0.3, -0.25) is 4.79 Å². The fourth-order valence-electron chi connectivity index (χ4n) is 3.16. The van der Waals surface area contributed by atoms with E-state index in [2.05, 4.69) is 36.1 Å². The lowest BCUT2D eigenvalue weighted by molar-refractivity contribution is -0.142. The van der Waals surface area contributed by atoms with Crippen LogP contribution in [0.5, 0.6) is 0 Å².